The van der Waals surface area contributed by atoms with E-state index in [0.717, 1.165) is 56.5 Å². The van der Waals surface area contributed by atoms with Gasteiger partial charge >= 0.3 is 12.1 Å². The molecule has 1 N–H and O–H groups in total. The summed E-state index contributed by atoms with van der Waals surface area (Å²) in [4.78, 5) is 24.6. The van der Waals surface area contributed by atoms with Gasteiger partial charge in [0.15, 0.2) is 0 Å². The number of carbonyl (C=O) groups is 2. The third kappa shape index (κ3) is 7.59. The Morgan fingerprint density at radius 1 is 0.930 bits per heavy atom. The Hall–Kier alpha value is -4.23. The Morgan fingerprint density at radius 3 is 2.30 bits per heavy atom. The predicted molar refractivity (Wildman–Crippen MR) is 176 cm³/mol. The number of allylic oxidation sites excluding steroid dienone is 2. The third-order valence-corrected chi connectivity index (χ3v) is 8.01. The zero-order valence-corrected chi connectivity index (χ0v) is 25.8. The summed E-state index contributed by atoms with van der Waals surface area (Å²) in [6.07, 6.45) is 8.77. The van der Waals surface area contributed by atoms with Crippen molar-refractivity contribution in [1.29, 1.82) is 0 Å². The minimum Gasteiger partial charge on any atom is -0.464 e. The number of fused-ring (bicyclic) bond motifs is 3. The molecule has 4 aromatic rings. The number of para-hydroxylation sites is 1. The molecule has 1 heterocycles. The number of hydrogen-bond donors (Lipinski definition) is 1. The van der Waals surface area contributed by atoms with E-state index >= 15 is 0 Å². The molecule has 1 atom stereocenters. The second-order valence-electron chi connectivity index (χ2n) is 11.3. The number of amides is 1. The zero-order valence-electron chi connectivity index (χ0n) is 25.0. The van der Waals surface area contributed by atoms with E-state index in [1.165, 1.54) is 0 Å². The Morgan fingerprint density at radius 2 is 1.60 bits per heavy atom. The first-order valence-electron chi connectivity index (χ1n) is 14.5. The summed E-state index contributed by atoms with van der Waals surface area (Å²) in [5, 5.41) is 3.77. The number of furan rings is 1. The molecule has 0 aliphatic heterocycles. The van der Waals surface area contributed by atoms with Crippen LogP contribution in [0.1, 0.15) is 51.0 Å². The van der Waals surface area contributed by atoms with Crippen molar-refractivity contribution in [3.8, 4) is 22.3 Å². The molecule has 0 bridgehead atoms. The molecular formula is C36H37NO5S. The Bertz CT molecular complexity index is 1640. The van der Waals surface area contributed by atoms with Crippen LogP contribution in [0.4, 0.5) is 4.79 Å². The fraction of sp³-hybridized carbons (Fsp3) is 0.278. The Kier molecular flexibility index (Phi) is 9.41. The summed E-state index contributed by atoms with van der Waals surface area (Å²) in [6, 6.07) is 22.5. The fourth-order valence-corrected chi connectivity index (χ4v) is 5.91. The molecule has 6 nitrogen and oxygen atoms in total. The van der Waals surface area contributed by atoms with Crippen LogP contribution in [0.5, 0.6) is 0 Å². The smallest absolute Gasteiger partial charge is 0.408 e. The van der Waals surface area contributed by atoms with Crippen molar-refractivity contribution in [3.05, 3.63) is 95.8 Å². The predicted octanol–water partition coefficient (Wildman–Crippen LogP) is 8.89. The van der Waals surface area contributed by atoms with Crippen LogP contribution in [0.2, 0.25) is 0 Å². The van der Waals surface area contributed by atoms with E-state index in [1.54, 1.807) is 39.5 Å². The minimum atomic E-state index is -0.785. The van der Waals surface area contributed by atoms with E-state index in [4.69, 9.17) is 13.9 Å². The Balaban J connectivity index is 1.23. The molecule has 1 amide bonds. The molecule has 1 aliphatic rings. The highest BCUT2D eigenvalue weighted by Crippen LogP contribution is 2.37. The number of esters is 1. The van der Waals surface area contributed by atoms with Gasteiger partial charge in [-0.3, -0.25) is 0 Å². The molecule has 222 valence electrons. The fourth-order valence-electron chi connectivity index (χ4n) is 4.91. The maximum absolute atomic E-state index is 12.4. The van der Waals surface area contributed by atoms with Gasteiger partial charge in [0.25, 0.3) is 0 Å². The van der Waals surface area contributed by atoms with Crippen LogP contribution in [-0.2, 0) is 20.0 Å². The van der Waals surface area contributed by atoms with E-state index in [2.05, 4.69) is 96.4 Å². The summed E-state index contributed by atoms with van der Waals surface area (Å²) in [5.74, 6) is 1.50. The van der Waals surface area contributed by atoms with E-state index in [0.29, 0.717) is 11.5 Å². The van der Waals surface area contributed by atoms with Crippen molar-refractivity contribution in [3.63, 3.8) is 0 Å². The summed E-state index contributed by atoms with van der Waals surface area (Å²) in [6.45, 7) is 7.33. The first kappa shape index (κ1) is 30.2. The number of rotatable bonds is 9. The summed E-state index contributed by atoms with van der Waals surface area (Å²) in [5.41, 5.74) is 6.94. The number of nitrogens with one attached hydrogen (secondary N) is 1. The highest BCUT2D eigenvalue weighted by atomic mass is 32.2. The van der Waals surface area contributed by atoms with E-state index in [9.17, 15) is 9.59 Å². The van der Waals surface area contributed by atoms with Crippen molar-refractivity contribution in [1.82, 2.24) is 5.32 Å². The van der Waals surface area contributed by atoms with Gasteiger partial charge in [-0.2, -0.15) is 11.8 Å². The van der Waals surface area contributed by atoms with E-state index in [1.807, 2.05) is 0 Å². The van der Waals surface area contributed by atoms with Crippen LogP contribution in [-0.4, -0.2) is 36.1 Å². The van der Waals surface area contributed by atoms with Gasteiger partial charge in [-0.25, -0.2) is 9.59 Å². The molecule has 43 heavy (non-hydrogen) atoms. The quantitative estimate of drug-likeness (QED) is 0.195. The van der Waals surface area contributed by atoms with Gasteiger partial charge in [0, 0.05) is 28.0 Å². The lowest BCUT2D eigenvalue weighted by Gasteiger charge is -2.22. The minimum absolute atomic E-state index is 0.244. The van der Waals surface area contributed by atoms with Crippen molar-refractivity contribution in [2.45, 2.75) is 51.5 Å². The van der Waals surface area contributed by atoms with Gasteiger partial charge in [-0.05, 0) is 62.4 Å². The van der Waals surface area contributed by atoms with Crippen molar-refractivity contribution < 1.29 is 23.5 Å². The number of hydrogen-bond acceptors (Lipinski definition) is 6. The molecule has 1 aliphatic carbocycles. The lowest BCUT2D eigenvalue weighted by atomic mass is 9.98. The van der Waals surface area contributed by atoms with Crippen LogP contribution >= 0.6 is 11.8 Å². The topological polar surface area (TPSA) is 77.8 Å². The zero-order chi connectivity index (χ0) is 30.4. The maximum Gasteiger partial charge on any atom is 0.408 e. The second kappa shape index (κ2) is 13.4. The molecule has 0 saturated carbocycles. The van der Waals surface area contributed by atoms with Gasteiger partial charge in [0.2, 0.25) is 0 Å². The van der Waals surface area contributed by atoms with Crippen LogP contribution < -0.4 is 5.32 Å². The van der Waals surface area contributed by atoms with Gasteiger partial charge in [-0.1, -0.05) is 85.0 Å². The molecule has 1 unspecified atom stereocenters. The van der Waals surface area contributed by atoms with Crippen molar-refractivity contribution in [2.24, 2.45) is 0 Å². The highest BCUT2D eigenvalue weighted by Gasteiger charge is 2.25. The summed E-state index contributed by atoms with van der Waals surface area (Å²) in [7, 11) is 0. The van der Waals surface area contributed by atoms with E-state index in [-0.39, 0.29) is 6.61 Å². The molecule has 0 radical (unpaired) electrons. The third-order valence-electron chi connectivity index (χ3n) is 6.91. The molecule has 1 aromatic heterocycles. The molecular weight excluding hydrogens is 558 g/mol. The molecule has 0 spiro atoms. The molecule has 3 aromatic carbocycles. The monoisotopic (exact) mass is 595 g/mol. The van der Waals surface area contributed by atoms with Gasteiger partial charge in [0.1, 0.15) is 23.0 Å². The summed E-state index contributed by atoms with van der Waals surface area (Å²) < 4.78 is 16.8. The Labute approximate surface area is 257 Å². The number of benzene rings is 3. The van der Waals surface area contributed by atoms with Gasteiger partial charge in [0.05, 0.1) is 6.61 Å². The standard InChI is InChI=1S/C36H37NO5S/c1-5-40-34(38)31(37-35(39)42-36(2,3)4)23-43-22-24-14-16-25(17-15-24)26-18-20-27(21-19-26)28-11-9-12-30-29-10-7-6-8-13-32(29)41-33(28)30/h7-21,31H,5-6,22-23H2,1-4H3,(H,37,39). The lowest BCUT2D eigenvalue weighted by Crippen LogP contribution is -2.45. The second-order valence-corrected chi connectivity index (χ2v) is 12.4. The van der Waals surface area contributed by atoms with Crippen LogP contribution in [0.25, 0.3) is 45.4 Å². The average Bonchev–Trinajstić information content (AvgIpc) is 3.17. The van der Waals surface area contributed by atoms with Crippen LogP contribution in [0, 0.1) is 0 Å². The molecule has 0 saturated heterocycles. The van der Waals surface area contributed by atoms with Gasteiger partial charge in [-0.15, -0.1) is 0 Å². The first-order chi connectivity index (χ1) is 20.7. The van der Waals surface area contributed by atoms with Crippen LogP contribution in [0.3, 0.4) is 0 Å². The average molecular weight is 596 g/mol. The molecule has 0 fully saturated rings. The largest absolute Gasteiger partial charge is 0.464 e. The SMILES string of the molecule is CCOC(=O)C(CSCc1ccc(-c2ccc(-c3cccc4c5c(oc34)C=CCC=C5)cc2)cc1)NC(=O)OC(C)(C)C. The lowest BCUT2D eigenvalue weighted by molar-refractivity contribution is -0.145. The number of thioether (sulfide) groups is 1. The van der Waals surface area contributed by atoms with Crippen molar-refractivity contribution >= 4 is 46.9 Å². The highest BCUT2D eigenvalue weighted by molar-refractivity contribution is 7.98. The van der Waals surface area contributed by atoms with Crippen LogP contribution in [0.15, 0.2) is 83.3 Å². The van der Waals surface area contributed by atoms with Crippen molar-refractivity contribution in [2.75, 3.05) is 12.4 Å². The molecule has 7 heteroatoms. The maximum atomic E-state index is 12.4. The summed E-state index contributed by atoms with van der Waals surface area (Å²) >= 11 is 1.55. The normalized spacial score (nSPS) is 13.3. The number of carbonyl (C=O) groups excluding carboxylic acids is 2. The van der Waals surface area contributed by atoms with E-state index < -0.39 is 23.7 Å². The van der Waals surface area contributed by atoms with Gasteiger partial charge < -0.3 is 19.2 Å². The first-order valence-corrected chi connectivity index (χ1v) is 15.7. The number of alkyl carbamates (subject to hydrolysis) is 1. The molecule has 5 rings (SSSR count). The number of ether oxygens (including phenoxy) is 2.